The summed E-state index contributed by atoms with van der Waals surface area (Å²) in [5, 5.41) is 0. The van der Waals surface area contributed by atoms with Crippen molar-refractivity contribution in [1.82, 2.24) is 0 Å². The van der Waals surface area contributed by atoms with E-state index in [-0.39, 0.29) is 0 Å². The van der Waals surface area contributed by atoms with E-state index in [0.29, 0.717) is 18.4 Å². The first-order valence-electron chi connectivity index (χ1n) is 7.54. The van der Waals surface area contributed by atoms with Gasteiger partial charge in [-0.3, -0.25) is 4.79 Å². The van der Waals surface area contributed by atoms with E-state index in [9.17, 15) is 31.1 Å². The molecule has 3 nitrogen and oxygen atoms in total. The Balaban J connectivity index is 2.23. The summed E-state index contributed by atoms with van der Waals surface area (Å²) in [5.74, 6) is -1.07. The van der Waals surface area contributed by atoms with Gasteiger partial charge in [0.25, 0.3) is 6.10 Å². The molecule has 0 N–H and O–H groups in total. The number of carbonyl (C=O) groups is 1. The van der Waals surface area contributed by atoms with Gasteiger partial charge in [0, 0.05) is 6.92 Å². The molecule has 9 heteroatoms. The summed E-state index contributed by atoms with van der Waals surface area (Å²) in [5.41, 5.74) is -0.374. The van der Waals surface area contributed by atoms with E-state index in [2.05, 4.69) is 4.74 Å². The van der Waals surface area contributed by atoms with E-state index in [1.54, 1.807) is 0 Å². The molecule has 0 heterocycles. The van der Waals surface area contributed by atoms with E-state index in [1.807, 2.05) is 0 Å². The summed E-state index contributed by atoms with van der Waals surface area (Å²) in [6.45, 7) is 1.24. The van der Waals surface area contributed by atoms with Crippen molar-refractivity contribution in [3.63, 3.8) is 0 Å². The highest BCUT2D eigenvalue weighted by atomic mass is 19.4. The highest BCUT2D eigenvalue weighted by molar-refractivity contribution is 5.67. The Kier molecular flexibility index (Phi) is 5.24. The van der Waals surface area contributed by atoms with Crippen LogP contribution in [0.5, 0.6) is 5.75 Å². The van der Waals surface area contributed by atoms with Gasteiger partial charge in [0.2, 0.25) is 0 Å². The minimum atomic E-state index is -5.58. The Morgan fingerprint density at radius 1 is 1.00 bits per heavy atom. The van der Waals surface area contributed by atoms with Gasteiger partial charge in [-0.05, 0) is 43.4 Å². The second-order valence-electron chi connectivity index (χ2n) is 5.90. The zero-order valence-electron chi connectivity index (χ0n) is 13.2. The second kappa shape index (κ2) is 6.76. The molecule has 1 aromatic carbocycles. The van der Waals surface area contributed by atoms with Crippen LogP contribution in [-0.4, -0.2) is 24.4 Å². The number of carbonyl (C=O) groups excluding carboxylic acids is 1. The fourth-order valence-electron chi connectivity index (χ4n) is 2.96. The zero-order valence-corrected chi connectivity index (χ0v) is 13.2. The predicted octanol–water partition coefficient (Wildman–Crippen LogP) is 4.89. The lowest BCUT2D eigenvalue weighted by Gasteiger charge is -2.29. The summed E-state index contributed by atoms with van der Waals surface area (Å²) in [4.78, 5) is 11.3. The quantitative estimate of drug-likeness (QED) is 0.559. The minimum absolute atomic E-state index is 0.503. The van der Waals surface area contributed by atoms with Crippen LogP contribution in [0.1, 0.15) is 38.2 Å². The van der Waals surface area contributed by atoms with Crippen LogP contribution < -0.4 is 4.74 Å². The SMILES string of the molecule is CC(=O)OC1(c2ccc(OC(C(F)(F)F)C(F)(F)F)cc2)CCCC1. The number of hydrogen-bond acceptors (Lipinski definition) is 3. The number of rotatable bonds is 4. The highest BCUT2D eigenvalue weighted by Crippen LogP contribution is 2.43. The van der Waals surface area contributed by atoms with Crippen LogP contribution in [-0.2, 0) is 15.1 Å². The lowest BCUT2D eigenvalue weighted by molar-refractivity contribution is -0.299. The van der Waals surface area contributed by atoms with E-state index in [4.69, 9.17) is 4.74 Å². The summed E-state index contributed by atoms with van der Waals surface area (Å²) in [6, 6.07) is 4.69. The Labute approximate surface area is 139 Å². The Hall–Kier alpha value is -1.93. The van der Waals surface area contributed by atoms with E-state index < -0.39 is 35.8 Å². The van der Waals surface area contributed by atoms with Crippen LogP contribution in [0.15, 0.2) is 24.3 Å². The molecular weight excluding hydrogens is 354 g/mol. The predicted molar refractivity (Wildman–Crippen MR) is 74.9 cm³/mol. The molecule has 140 valence electrons. The Morgan fingerprint density at radius 2 is 1.48 bits per heavy atom. The smallest absolute Gasteiger partial charge is 0.434 e. The van der Waals surface area contributed by atoms with Gasteiger partial charge in [-0.15, -0.1) is 0 Å². The molecule has 2 rings (SSSR count). The molecule has 1 aliphatic carbocycles. The van der Waals surface area contributed by atoms with Crippen molar-refractivity contribution in [2.24, 2.45) is 0 Å². The number of benzene rings is 1. The first-order chi connectivity index (χ1) is 11.4. The van der Waals surface area contributed by atoms with E-state index in [1.165, 1.54) is 19.1 Å². The second-order valence-corrected chi connectivity index (χ2v) is 5.90. The van der Waals surface area contributed by atoms with Crippen molar-refractivity contribution in [3.05, 3.63) is 29.8 Å². The van der Waals surface area contributed by atoms with Crippen LogP contribution in [0.4, 0.5) is 26.3 Å². The van der Waals surface area contributed by atoms with Crippen LogP contribution in [0.3, 0.4) is 0 Å². The van der Waals surface area contributed by atoms with Crippen molar-refractivity contribution in [3.8, 4) is 5.75 Å². The Morgan fingerprint density at radius 3 is 1.88 bits per heavy atom. The third-order valence-corrected chi connectivity index (χ3v) is 3.98. The third kappa shape index (κ3) is 4.58. The van der Waals surface area contributed by atoms with Crippen molar-refractivity contribution in [1.29, 1.82) is 0 Å². The highest BCUT2D eigenvalue weighted by Gasteiger charge is 2.59. The lowest BCUT2D eigenvalue weighted by Crippen LogP contribution is -2.46. The minimum Gasteiger partial charge on any atom is -0.471 e. The molecule has 1 saturated carbocycles. The van der Waals surface area contributed by atoms with Crippen molar-refractivity contribution in [2.75, 3.05) is 0 Å². The van der Waals surface area contributed by atoms with Crippen LogP contribution in [0, 0.1) is 0 Å². The van der Waals surface area contributed by atoms with Gasteiger partial charge in [0.15, 0.2) is 0 Å². The summed E-state index contributed by atoms with van der Waals surface area (Å²) >= 11 is 0. The number of hydrogen-bond donors (Lipinski definition) is 0. The van der Waals surface area contributed by atoms with Crippen LogP contribution >= 0.6 is 0 Å². The fraction of sp³-hybridized carbons (Fsp3) is 0.562. The molecule has 0 aromatic heterocycles. The first-order valence-corrected chi connectivity index (χ1v) is 7.54. The molecular formula is C16H16F6O3. The van der Waals surface area contributed by atoms with Crippen LogP contribution in [0.2, 0.25) is 0 Å². The Bertz CT molecular complexity index is 586. The van der Waals surface area contributed by atoms with Gasteiger partial charge >= 0.3 is 18.3 Å². The third-order valence-electron chi connectivity index (χ3n) is 3.98. The van der Waals surface area contributed by atoms with Gasteiger partial charge < -0.3 is 9.47 Å². The fourth-order valence-corrected chi connectivity index (χ4v) is 2.96. The van der Waals surface area contributed by atoms with Gasteiger partial charge in [0.05, 0.1) is 0 Å². The number of halogens is 6. The summed E-state index contributed by atoms with van der Waals surface area (Å²) in [7, 11) is 0. The monoisotopic (exact) mass is 370 g/mol. The summed E-state index contributed by atoms with van der Waals surface area (Å²) < 4.78 is 84.7. The maximum atomic E-state index is 12.5. The van der Waals surface area contributed by atoms with Gasteiger partial charge in [-0.1, -0.05) is 12.1 Å². The molecule has 0 spiro atoms. The average molecular weight is 370 g/mol. The molecule has 0 unspecified atom stereocenters. The number of esters is 1. The standard InChI is InChI=1S/C16H16F6O3/c1-10(23)25-14(8-2-3-9-14)11-4-6-12(7-5-11)24-13(15(17,18)19)16(20,21)22/h4-7,13H,2-3,8-9H2,1H3. The topological polar surface area (TPSA) is 35.5 Å². The molecule has 1 aliphatic rings. The van der Waals surface area contributed by atoms with Gasteiger partial charge in [-0.2, -0.15) is 26.3 Å². The molecule has 0 amide bonds. The number of ether oxygens (including phenoxy) is 2. The number of alkyl halides is 6. The molecule has 0 saturated heterocycles. The molecule has 0 aliphatic heterocycles. The van der Waals surface area contributed by atoms with Crippen molar-refractivity contribution < 1.29 is 40.6 Å². The van der Waals surface area contributed by atoms with E-state index in [0.717, 1.165) is 25.0 Å². The molecule has 0 bridgehead atoms. The summed E-state index contributed by atoms with van der Waals surface area (Å²) in [6.07, 6.45) is -12.4. The molecule has 0 atom stereocenters. The molecule has 1 fully saturated rings. The molecule has 1 aromatic rings. The van der Waals surface area contributed by atoms with E-state index >= 15 is 0 Å². The van der Waals surface area contributed by atoms with Crippen molar-refractivity contribution >= 4 is 5.97 Å². The van der Waals surface area contributed by atoms with Gasteiger partial charge in [-0.25, -0.2) is 0 Å². The normalized spacial score (nSPS) is 17.6. The largest absolute Gasteiger partial charge is 0.471 e. The van der Waals surface area contributed by atoms with Crippen LogP contribution in [0.25, 0.3) is 0 Å². The maximum absolute atomic E-state index is 12.5. The maximum Gasteiger partial charge on any atom is 0.434 e. The average Bonchev–Trinajstić information content (AvgIpc) is 2.91. The van der Waals surface area contributed by atoms with Gasteiger partial charge in [0.1, 0.15) is 11.4 Å². The zero-order chi connectivity index (χ0) is 18.9. The molecule has 25 heavy (non-hydrogen) atoms. The first kappa shape index (κ1) is 19.4. The molecule has 0 radical (unpaired) electrons. The van der Waals surface area contributed by atoms with Crippen molar-refractivity contribution in [2.45, 2.75) is 56.7 Å². The lowest BCUT2D eigenvalue weighted by atomic mass is 9.92.